The number of nitrogens with zero attached hydrogens (tertiary/aromatic N) is 5. The van der Waals surface area contributed by atoms with Gasteiger partial charge in [0.15, 0.2) is 11.5 Å². The van der Waals surface area contributed by atoms with Gasteiger partial charge in [-0.05, 0) is 36.4 Å². The minimum Gasteiger partial charge on any atom is -0.369 e. The number of amides is 1. The molecule has 1 aliphatic heterocycles. The molecule has 0 aliphatic carbocycles. The van der Waals surface area contributed by atoms with Gasteiger partial charge in [-0.2, -0.15) is 23.4 Å². The third-order valence-electron chi connectivity index (χ3n) is 4.95. The van der Waals surface area contributed by atoms with Crippen molar-refractivity contribution in [2.45, 2.75) is 11.7 Å². The normalized spacial score (nSPS) is 18.9. The molecule has 2 N–H and O–H groups in total. The van der Waals surface area contributed by atoms with Gasteiger partial charge in [0.25, 0.3) is 5.91 Å². The molecular weight excluding hydrogens is 416 g/mol. The van der Waals surface area contributed by atoms with Crippen molar-refractivity contribution in [3.63, 3.8) is 0 Å². The lowest BCUT2D eigenvalue weighted by atomic mass is 9.82. The monoisotopic (exact) mass is 430 g/mol. The summed E-state index contributed by atoms with van der Waals surface area (Å²) in [6.45, 7) is 0. The van der Waals surface area contributed by atoms with E-state index in [2.05, 4.69) is 20.2 Å². The minimum absolute atomic E-state index is 0.269. The van der Waals surface area contributed by atoms with E-state index in [1.165, 1.54) is 25.4 Å². The van der Waals surface area contributed by atoms with Crippen molar-refractivity contribution >= 4 is 11.9 Å². The van der Waals surface area contributed by atoms with Crippen molar-refractivity contribution in [2.75, 3.05) is 7.05 Å². The molecule has 1 aliphatic rings. The third kappa shape index (κ3) is 3.27. The summed E-state index contributed by atoms with van der Waals surface area (Å²) in [5.41, 5.74) is 2.73. The Bertz CT molecular complexity index is 1200. The van der Waals surface area contributed by atoms with Gasteiger partial charge in [0.1, 0.15) is 5.82 Å². The number of carbonyl (C=O) groups is 1. The highest BCUT2D eigenvalue weighted by Crippen LogP contribution is 2.42. The summed E-state index contributed by atoms with van der Waals surface area (Å²) in [6.07, 6.45) is -1.63. The maximum atomic E-state index is 15.1. The van der Waals surface area contributed by atoms with Crippen LogP contribution in [-0.2, 0) is 16.5 Å². The predicted octanol–water partition coefficient (Wildman–Crippen LogP) is 2.73. The quantitative estimate of drug-likeness (QED) is 0.645. The predicted molar refractivity (Wildman–Crippen MR) is 102 cm³/mol. The maximum Gasteiger partial charge on any atom is 0.417 e. The topological polar surface area (TPSA) is 97.4 Å². The summed E-state index contributed by atoms with van der Waals surface area (Å²) in [5, 5.41) is 7.71. The summed E-state index contributed by atoms with van der Waals surface area (Å²) in [6, 6.07) is 7.74. The zero-order chi connectivity index (χ0) is 22.4. The molecule has 1 atom stereocenters. The van der Waals surface area contributed by atoms with Crippen LogP contribution in [0.25, 0.3) is 11.3 Å². The SMILES string of the molecule is CN1C(=O)C(c2cncc(C(F)(F)F)c2)(c2cc(-c3cccnn3)ccc2F)N=C1N. The molecule has 3 heterocycles. The van der Waals surface area contributed by atoms with Gasteiger partial charge in [0.2, 0.25) is 0 Å². The highest BCUT2D eigenvalue weighted by atomic mass is 19.4. The van der Waals surface area contributed by atoms with Crippen molar-refractivity contribution in [2.24, 2.45) is 10.7 Å². The molecule has 2 aromatic heterocycles. The van der Waals surface area contributed by atoms with Crippen LogP contribution >= 0.6 is 0 Å². The molecule has 11 heteroatoms. The first-order valence-electron chi connectivity index (χ1n) is 8.89. The maximum absolute atomic E-state index is 15.1. The van der Waals surface area contributed by atoms with Gasteiger partial charge in [-0.15, -0.1) is 0 Å². The third-order valence-corrected chi connectivity index (χ3v) is 4.95. The summed E-state index contributed by atoms with van der Waals surface area (Å²) in [4.78, 5) is 21.9. The second-order valence-corrected chi connectivity index (χ2v) is 6.81. The second kappa shape index (κ2) is 7.11. The number of likely N-dealkylation sites (N-methyl/N-ethyl adjacent to an activating group) is 1. The Morgan fingerprint density at radius 1 is 1.13 bits per heavy atom. The molecule has 1 amide bonds. The average Bonchev–Trinajstić information content (AvgIpc) is 2.99. The molecule has 0 spiro atoms. The van der Waals surface area contributed by atoms with E-state index in [-0.39, 0.29) is 17.1 Å². The molecule has 31 heavy (non-hydrogen) atoms. The van der Waals surface area contributed by atoms with Crippen LogP contribution in [0.5, 0.6) is 0 Å². The fraction of sp³-hybridized carbons (Fsp3) is 0.150. The molecule has 0 saturated carbocycles. The lowest BCUT2D eigenvalue weighted by Gasteiger charge is -2.27. The van der Waals surface area contributed by atoms with E-state index in [0.29, 0.717) is 17.5 Å². The number of alkyl halides is 3. The van der Waals surface area contributed by atoms with E-state index in [9.17, 15) is 18.0 Å². The number of aromatic nitrogens is 3. The Balaban J connectivity index is 2.00. The number of halogens is 4. The summed E-state index contributed by atoms with van der Waals surface area (Å²) in [7, 11) is 1.30. The number of nitrogens with two attached hydrogens (primary N) is 1. The first kappa shape index (κ1) is 20.4. The van der Waals surface area contributed by atoms with Crippen molar-refractivity contribution in [1.82, 2.24) is 20.1 Å². The van der Waals surface area contributed by atoms with Crippen LogP contribution in [0.4, 0.5) is 17.6 Å². The van der Waals surface area contributed by atoms with Crippen LogP contribution < -0.4 is 5.73 Å². The highest BCUT2D eigenvalue weighted by molar-refractivity contribution is 6.09. The van der Waals surface area contributed by atoms with Crippen LogP contribution in [0.1, 0.15) is 16.7 Å². The molecule has 3 aromatic rings. The molecule has 4 rings (SSSR count). The number of hydrogen-bond donors (Lipinski definition) is 1. The molecule has 0 saturated heterocycles. The fourth-order valence-corrected chi connectivity index (χ4v) is 3.37. The Hall–Kier alpha value is -3.89. The fourth-order valence-electron chi connectivity index (χ4n) is 3.37. The standard InChI is InChI=1S/C20H14F4N6O/c1-30-17(31)19(28-18(30)25,12-8-13(10-26-9-12)20(22,23)24)14-7-11(4-5-15(14)21)16-3-2-6-27-29-16/h2-10H,1H3,(H2,25,28). The number of guanidine groups is 1. The van der Waals surface area contributed by atoms with Crippen molar-refractivity contribution in [3.05, 3.63) is 77.5 Å². The van der Waals surface area contributed by atoms with Crippen LogP contribution in [0.3, 0.4) is 0 Å². The van der Waals surface area contributed by atoms with Crippen molar-refractivity contribution in [3.8, 4) is 11.3 Å². The number of hydrogen-bond acceptors (Lipinski definition) is 6. The molecule has 1 unspecified atom stereocenters. The smallest absolute Gasteiger partial charge is 0.369 e. The van der Waals surface area contributed by atoms with Gasteiger partial charge in [-0.1, -0.05) is 0 Å². The number of pyridine rings is 1. The number of carbonyl (C=O) groups excluding carboxylic acids is 1. The molecule has 158 valence electrons. The zero-order valence-electron chi connectivity index (χ0n) is 15.9. The van der Waals surface area contributed by atoms with Gasteiger partial charge < -0.3 is 5.73 Å². The Morgan fingerprint density at radius 3 is 2.52 bits per heavy atom. The number of aliphatic imine (C=N–C) groups is 1. The first-order chi connectivity index (χ1) is 14.6. The zero-order valence-corrected chi connectivity index (χ0v) is 15.9. The molecular formula is C20H14F4N6O. The van der Waals surface area contributed by atoms with Gasteiger partial charge in [-0.25, -0.2) is 9.38 Å². The van der Waals surface area contributed by atoms with Gasteiger partial charge in [0.05, 0.1) is 11.3 Å². The molecule has 7 nitrogen and oxygen atoms in total. The van der Waals surface area contributed by atoms with Crippen LogP contribution in [0.15, 0.2) is 60.0 Å². The minimum atomic E-state index is -4.73. The second-order valence-electron chi connectivity index (χ2n) is 6.81. The largest absolute Gasteiger partial charge is 0.417 e. The highest BCUT2D eigenvalue weighted by Gasteiger charge is 2.52. The van der Waals surface area contributed by atoms with Gasteiger partial charge >= 0.3 is 6.18 Å². The van der Waals surface area contributed by atoms with Crippen LogP contribution in [0, 0.1) is 5.82 Å². The number of benzene rings is 1. The molecule has 0 bridgehead atoms. The lowest BCUT2D eigenvalue weighted by molar-refractivity contribution is -0.138. The van der Waals surface area contributed by atoms with E-state index in [1.54, 1.807) is 12.1 Å². The Labute approximate surface area is 173 Å². The molecule has 0 radical (unpaired) electrons. The Morgan fingerprint density at radius 2 is 1.90 bits per heavy atom. The molecule has 0 fully saturated rings. The number of rotatable bonds is 3. The average molecular weight is 430 g/mol. The Kier molecular flexibility index (Phi) is 4.68. The summed E-state index contributed by atoms with van der Waals surface area (Å²) < 4.78 is 55.0. The van der Waals surface area contributed by atoms with Crippen molar-refractivity contribution < 1.29 is 22.4 Å². The van der Waals surface area contributed by atoms with Crippen molar-refractivity contribution in [1.29, 1.82) is 0 Å². The van der Waals surface area contributed by atoms with Crippen LogP contribution in [0.2, 0.25) is 0 Å². The van der Waals surface area contributed by atoms with Crippen LogP contribution in [-0.4, -0.2) is 39.0 Å². The van der Waals surface area contributed by atoms with E-state index in [0.717, 1.165) is 23.2 Å². The summed E-state index contributed by atoms with van der Waals surface area (Å²) >= 11 is 0. The lowest BCUT2D eigenvalue weighted by Crippen LogP contribution is -2.41. The molecule has 1 aromatic carbocycles. The first-order valence-corrected chi connectivity index (χ1v) is 8.89. The van der Waals surface area contributed by atoms with E-state index in [1.807, 2.05) is 0 Å². The summed E-state index contributed by atoms with van der Waals surface area (Å²) in [5.74, 6) is -1.95. The van der Waals surface area contributed by atoms with E-state index >= 15 is 4.39 Å². The van der Waals surface area contributed by atoms with E-state index in [4.69, 9.17) is 5.73 Å². The van der Waals surface area contributed by atoms with Gasteiger partial charge in [0, 0.05) is 42.3 Å². The van der Waals surface area contributed by atoms with E-state index < -0.39 is 29.0 Å². The van der Waals surface area contributed by atoms with Gasteiger partial charge in [-0.3, -0.25) is 14.7 Å².